The lowest BCUT2D eigenvalue weighted by molar-refractivity contribution is -0.145. The van der Waals surface area contributed by atoms with Gasteiger partial charge in [-0.25, -0.2) is 0 Å². The fourth-order valence-electron chi connectivity index (χ4n) is 5.99. The van der Waals surface area contributed by atoms with Crippen LogP contribution >= 0.6 is 0 Å². The smallest absolute Gasteiger partial charge is 0.130 e. The predicted molar refractivity (Wildman–Crippen MR) is 81.9 cm³/mol. The second-order valence-electron chi connectivity index (χ2n) is 7.63. The minimum Gasteiger partial charge on any atom is -0.393 e. The van der Waals surface area contributed by atoms with E-state index in [2.05, 4.69) is 30.3 Å². The lowest BCUT2D eigenvalue weighted by atomic mass is 9.42. The molecule has 4 aliphatic carbocycles. The highest BCUT2D eigenvalue weighted by Crippen LogP contribution is 2.64. The number of ketones is 1. The van der Waals surface area contributed by atoms with Crippen molar-refractivity contribution < 1.29 is 9.90 Å². The molecule has 4 aliphatic rings. The summed E-state index contributed by atoms with van der Waals surface area (Å²) in [5, 5.41) is 10.4. The zero-order valence-corrected chi connectivity index (χ0v) is 12.7. The van der Waals surface area contributed by atoms with Crippen LogP contribution in [0.3, 0.4) is 0 Å². The molecule has 4 bridgehead atoms. The molecule has 0 aliphatic heterocycles. The molecule has 0 unspecified atom stereocenters. The van der Waals surface area contributed by atoms with Crippen LogP contribution in [0.1, 0.15) is 44.6 Å². The molecule has 112 valence electrons. The number of carbonyl (C=O) groups is 1. The molecule has 0 atom stereocenters. The Bertz CT molecular complexity index is 518. The topological polar surface area (TPSA) is 37.3 Å². The van der Waals surface area contributed by atoms with Crippen molar-refractivity contribution in [2.45, 2.75) is 50.5 Å². The summed E-state index contributed by atoms with van der Waals surface area (Å²) in [7, 11) is 0. The Balaban J connectivity index is 1.80. The van der Waals surface area contributed by atoms with E-state index in [9.17, 15) is 9.90 Å². The van der Waals surface area contributed by atoms with Gasteiger partial charge in [-0.15, -0.1) is 0 Å². The first-order valence-electron chi connectivity index (χ1n) is 8.34. The van der Waals surface area contributed by atoms with Crippen molar-refractivity contribution in [2.24, 2.45) is 23.7 Å². The van der Waals surface area contributed by atoms with Gasteiger partial charge in [0.25, 0.3) is 0 Å². The molecule has 0 aromatic heterocycles. The summed E-state index contributed by atoms with van der Waals surface area (Å²) in [6.07, 6.45) is 5.03. The molecule has 1 aromatic carbocycles. The van der Waals surface area contributed by atoms with E-state index in [1.807, 2.05) is 0 Å². The number of hydrogen-bond acceptors (Lipinski definition) is 2. The van der Waals surface area contributed by atoms with E-state index in [0.717, 1.165) is 25.7 Å². The lowest BCUT2D eigenvalue weighted by Crippen LogP contribution is -2.60. The van der Waals surface area contributed by atoms with Gasteiger partial charge in [0, 0.05) is 11.8 Å². The molecule has 4 saturated carbocycles. The van der Waals surface area contributed by atoms with Crippen LogP contribution in [0, 0.1) is 23.7 Å². The van der Waals surface area contributed by atoms with Crippen LogP contribution in [0.5, 0.6) is 0 Å². The number of carbonyl (C=O) groups excluding carboxylic acids is 1. The highest BCUT2D eigenvalue weighted by atomic mass is 16.3. The third kappa shape index (κ3) is 1.85. The van der Waals surface area contributed by atoms with Gasteiger partial charge in [-0.05, 0) is 61.8 Å². The fraction of sp³-hybridized carbons (Fsp3) is 0.632. The second-order valence-corrected chi connectivity index (χ2v) is 7.63. The Kier molecular flexibility index (Phi) is 3.01. The van der Waals surface area contributed by atoms with Crippen molar-refractivity contribution in [1.82, 2.24) is 0 Å². The molecular formula is C19H24O2. The maximum atomic E-state index is 12.0. The normalized spacial score (nSPS) is 44.0. The Morgan fingerprint density at radius 2 is 1.62 bits per heavy atom. The maximum Gasteiger partial charge on any atom is 0.130 e. The van der Waals surface area contributed by atoms with E-state index in [1.165, 1.54) is 5.56 Å². The van der Waals surface area contributed by atoms with Gasteiger partial charge in [0.1, 0.15) is 5.78 Å². The number of Topliss-reactive ketones (excluding diaryl/α,β-unsaturated/α-hetero) is 1. The monoisotopic (exact) mass is 284 g/mol. The van der Waals surface area contributed by atoms with E-state index < -0.39 is 0 Å². The minimum absolute atomic E-state index is 0.0419. The zero-order valence-electron chi connectivity index (χ0n) is 12.7. The van der Waals surface area contributed by atoms with Crippen LogP contribution in [0.25, 0.3) is 0 Å². The fourth-order valence-corrected chi connectivity index (χ4v) is 5.99. The van der Waals surface area contributed by atoms with Gasteiger partial charge < -0.3 is 5.11 Å². The third-order valence-corrected chi connectivity index (χ3v) is 6.62. The van der Waals surface area contributed by atoms with Gasteiger partial charge in [-0.3, -0.25) is 4.79 Å². The predicted octanol–water partition coefficient (Wildman–Crippen LogP) is 3.33. The molecule has 0 radical (unpaired) electrons. The number of aliphatic hydroxyl groups is 1. The molecule has 5 rings (SSSR count). The number of aliphatic hydroxyl groups excluding tert-OH is 1. The number of hydrogen-bond donors (Lipinski definition) is 1. The highest BCUT2D eigenvalue weighted by Gasteiger charge is 2.60. The minimum atomic E-state index is -0.0800. The van der Waals surface area contributed by atoms with Gasteiger partial charge in [0.05, 0.1) is 6.10 Å². The van der Waals surface area contributed by atoms with Gasteiger partial charge in [-0.1, -0.05) is 30.3 Å². The highest BCUT2D eigenvalue weighted by molar-refractivity contribution is 5.77. The molecule has 0 amide bonds. The van der Waals surface area contributed by atoms with Crippen LogP contribution < -0.4 is 0 Å². The van der Waals surface area contributed by atoms with E-state index in [0.29, 0.717) is 35.9 Å². The van der Waals surface area contributed by atoms with Crippen molar-refractivity contribution in [3.63, 3.8) is 0 Å². The summed E-state index contributed by atoms with van der Waals surface area (Å²) in [4.78, 5) is 12.0. The van der Waals surface area contributed by atoms with Gasteiger partial charge in [0.2, 0.25) is 0 Å². The Labute approximate surface area is 126 Å². The summed E-state index contributed by atoms with van der Waals surface area (Å²) in [6, 6.07) is 10.7. The Morgan fingerprint density at radius 1 is 1.10 bits per heavy atom. The Morgan fingerprint density at radius 3 is 2.10 bits per heavy atom. The molecule has 0 heterocycles. The summed E-state index contributed by atoms with van der Waals surface area (Å²) < 4.78 is 0. The summed E-state index contributed by atoms with van der Waals surface area (Å²) in [5.74, 6) is 2.43. The molecule has 0 spiro atoms. The first kappa shape index (κ1) is 13.5. The summed E-state index contributed by atoms with van der Waals surface area (Å²) in [5.41, 5.74) is 1.41. The van der Waals surface area contributed by atoms with E-state index in [-0.39, 0.29) is 11.5 Å². The first-order chi connectivity index (χ1) is 10.1. The lowest BCUT2D eigenvalue weighted by Gasteiger charge is -2.63. The number of benzene rings is 1. The van der Waals surface area contributed by atoms with Crippen LogP contribution in [-0.4, -0.2) is 17.0 Å². The summed E-state index contributed by atoms with van der Waals surface area (Å²) >= 11 is 0. The second kappa shape index (κ2) is 4.67. The van der Waals surface area contributed by atoms with E-state index in [1.54, 1.807) is 6.92 Å². The van der Waals surface area contributed by atoms with Crippen molar-refractivity contribution in [3.8, 4) is 0 Å². The molecule has 2 heteroatoms. The van der Waals surface area contributed by atoms with Gasteiger partial charge in [-0.2, -0.15) is 0 Å². The molecule has 1 N–H and O–H groups in total. The maximum absolute atomic E-state index is 12.0. The van der Waals surface area contributed by atoms with Crippen LogP contribution in [-0.2, 0) is 10.2 Å². The van der Waals surface area contributed by atoms with E-state index in [4.69, 9.17) is 0 Å². The molecule has 0 saturated heterocycles. The average Bonchev–Trinajstić information content (AvgIpc) is 2.45. The molecule has 21 heavy (non-hydrogen) atoms. The van der Waals surface area contributed by atoms with Crippen molar-refractivity contribution in [3.05, 3.63) is 35.9 Å². The molecule has 4 fully saturated rings. The molecular weight excluding hydrogens is 260 g/mol. The van der Waals surface area contributed by atoms with Crippen molar-refractivity contribution >= 4 is 5.78 Å². The zero-order chi connectivity index (χ0) is 14.6. The third-order valence-electron chi connectivity index (χ3n) is 6.62. The quantitative estimate of drug-likeness (QED) is 0.924. The van der Waals surface area contributed by atoms with Crippen molar-refractivity contribution in [1.29, 1.82) is 0 Å². The molecule has 2 nitrogen and oxygen atoms in total. The standard InChI is InChI=1S/C19H24O2/c1-12(20)11-19(15-5-3-2-4-6-15)16-7-13-8-17(19)10-14(9-16)18(13)21/h2-6,13-14,16-18,21H,7-11H2,1H3. The first-order valence-corrected chi connectivity index (χ1v) is 8.34. The number of rotatable bonds is 3. The van der Waals surface area contributed by atoms with Crippen LogP contribution in [0.4, 0.5) is 0 Å². The largest absolute Gasteiger partial charge is 0.393 e. The van der Waals surface area contributed by atoms with Crippen LogP contribution in [0.15, 0.2) is 30.3 Å². The molecule has 1 aromatic rings. The van der Waals surface area contributed by atoms with Gasteiger partial charge in [0.15, 0.2) is 0 Å². The van der Waals surface area contributed by atoms with E-state index >= 15 is 0 Å². The van der Waals surface area contributed by atoms with Crippen LogP contribution in [0.2, 0.25) is 0 Å². The van der Waals surface area contributed by atoms with Gasteiger partial charge >= 0.3 is 0 Å². The SMILES string of the molecule is CC(=O)CC1(c2ccccc2)C2CC3CC1CC(C2)C3O. The summed E-state index contributed by atoms with van der Waals surface area (Å²) in [6.45, 7) is 1.74. The Hall–Kier alpha value is -1.15. The van der Waals surface area contributed by atoms with Crippen molar-refractivity contribution in [2.75, 3.05) is 0 Å². The average molecular weight is 284 g/mol.